The average Bonchev–Trinajstić information content (AvgIpc) is 2.94. The molecule has 0 heterocycles. The SMILES string of the molecule is C=CC#CCCCc1ccc(OC(=O)c2ccccc2C(=O)Oc2ccc(CCCC#CC=C)cc2)cc1. The Labute approximate surface area is 225 Å². The number of rotatable bonds is 10. The number of hydrogen-bond acceptors (Lipinski definition) is 4. The van der Waals surface area contributed by atoms with Crippen LogP contribution in [0.2, 0.25) is 0 Å². The number of esters is 2. The molecular formula is C34H30O4. The standard InChI is InChI=1S/C34H30O4/c1-3-5-7-9-11-15-27-19-23-29(24-20-27)37-33(35)31-17-13-14-18-32(31)34(36)38-30-25-21-28(22-26-30)16-12-10-8-6-4-2/h3-4,13-14,17-26H,1-2,9-12,15-16H2. The molecule has 0 amide bonds. The van der Waals surface area contributed by atoms with Gasteiger partial charge in [0.05, 0.1) is 11.1 Å². The number of benzene rings is 3. The number of allylic oxidation sites excluding steroid dienone is 2. The van der Waals surface area contributed by atoms with E-state index in [0.717, 1.165) is 49.7 Å². The average molecular weight is 503 g/mol. The van der Waals surface area contributed by atoms with E-state index in [2.05, 4.69) is 36.8 Å². The fourth-order valence-electron chi connectivity index (χ4n) is 3.66. The minimum Gasteiger partial charge on any atom is -0.423 e. The molecule has 3 aromatic carbocycles. The highest BCUT2D eigenvalue weighted by atomic mass is 16.5. The van der Waals surface area contributed by atoms with Crippen molar-refractivity contribution in [3.63, 3.8) is 0 Å². The van der Waals surface area contributed by atoms with Gasteiger partial charge in [0, 0.05) is 12.8 Å². The zero-order chi connectivity index (χ0) is 27.0. The summed E-state index contributed by atoms with van der Waals surface area (Å²) >= 11 is 0. The maximum Gasteiger partial charge on any atom is 0.344 e. The lowest BCUT2D eigenvalue weighted by molar-refractivity contribution is 0.0692. The van der Waals surface area contributed by atoms with E-state index in [9.17, 15) is 9.59 Å². The van der Waals surface area contributed by atoms with Gasteiger partial charge in [0.15, 0.2) is 0 Å². The summed E-state index contributed by atoms with van der Waals surface area (Å²) in [6, 6.07) is 21.1. The Bertz CT molecular complexity index is 1270. The summed E-state index contributed by atoms with van der Waals surface area (Å²) in [6.07, 6.45) is 8.39. The molecular weight excluding hydrogens is 472 g/mol. The summed E-state index contributed by atoms with van der Waals surface area (Å²) < 4.78 is 11.1. The van der Waals surface area contributed by atoms with Gasteiger partial charge in [-0.05, 0) is 85.4 Å². The molecule has 0 spiro atoms. The molecule has 4 heteroatoms. The molecule has 190 valence electrons. The van der Waals surface area contributed by atoms with Crippen LogP contribution in [0.5, 0.6) is 11.5 Å². The maximum absolute atomic E-state index is 12.9. The largest absolute Gasteiger partial charge is 0.423 e. The quantitative estimate of drug-likeness (QED) is 0.128. The van der Waals surface area contributed by atoms with E-state index in [0.29, 0.717) is 11.5 Å². The van der Waals surface area contributed by atoms with E-state index in [1.807, 2.05) is 24.3 Å². The molecule has 0 radical (unpaired) electrons. The smallest absolute Gasteiger partial charge is 0.344 e. The Morgan fingerprint density at radius 2 is 1.03 bits per heavy atom. The molecule has 0 saturated heterocycles. The molecule has 0 aliphatic carbocycles. The first-order valence-corrected chi connectivity index (χ1v) is 12.5. The molecule has 3 aromatic rings. The van der Waals surface area contributed by atoms with Gasteiger partial charge >= 0.3 is 11.9 Å². The van der Waals surface area contributed by atoms with Gasteiger partial charge in [-0.15, -0.1) is 0 Å². The van der Waals surface area contributed by atoms with Crippen LogP contribution in [-0.4, -0.2) is 11.9 Å². The van der Waals surface area contributed by atoms with Crippen molar-refractivity contribution in [1.82, 2.24) is 0 Å². The lowest BCUT2D eigenvalue weighted by Crippen LogP contribution is -2.17. The Morgan fingerprint density at radius 1 is 0.632 bits per heavy atom. The van der Waals surface area contributed by atoms with Crippen molar-refractivity contribution >= 4 is 11.9 Å². The number of unbranched alkanes of at least 4 members (excludes halogenated alkanes) is 2. The third-order valence-electron chi connectivity index (χ3n) is 5.58. The first-order valence-electron chi connectivity index (χ1n) is 12.5. The summed E-state index contributed by atoms with van der Waals surface area (Å²) in [5.41, 5.74) is 2.53. The topological polar surface area (TPSA) is 52.6 Å². The van der Waals surface area contributed by atoms with Gasteiger partial charge in [-0.2, -0.15) is 0 Å². The second-order valence-electron chi connectivity index (χ2n) is 8.37. The Kier molecular flexibility index (Phi) is 11.2. The highest BCUT2D eigenvalue weighted by Crippen LogP contribution is 2.20. The van der Waals surface area contributed by atoms with Crippen LogP contribution in [0.15, 0.2) is 98.1 Å². The first-order chi connectivity index (χ1) is 18.6. The van der Waals surface area contributed by atoms with Gasteiger partial charge in [-0.25, -0.2) is 9.59 Å². The summed E-state index contributed by atoms with van der Waals surface area (Å²) in [5, 5.41) is 0. The fourth-order valence-corrected chi connectivity index (χ4v) is 3.66. The molecule has 0 aromatic heterocycles. The summed E-state index contributed by atoms with van der Waals surface area (Å²) in [7, 11) is 0. The van der Waals surface area contributed by atoms with Crippen molar-refractivity contribution in [1.29, 1.82) is 0 Å². The van der Waals surface area contributed by atoms with Crippen molar-refractivity contribution in [2.45, 2.75) is 38.5 Å². The molecule has 0 atom stereocenters. The number of hydrogen-bond donors (Lipinski definition) is 0. The molecule has 0 aliphatic heterocycles. The van der Waals surface area contributed by atoms with E-state index >= 15 is 0 Å². The van der Waals surface area contributed by atoms with Crippen LogP contribution < -0.4 is 9.47 Å². The van der Waals surface area contributed by atoms with Crippen LogP contribution in [-0.2, 0) is 12.8 Å². The lowest BCUT2D eigenvalue weighted by atomic mass is 10.1. The number of aryl methyl sites for hydroxylation is 2. The second-order valence-corrected chi connectivity index (χ2v) is 8.37. The highest BCUT2D eigenvalue weighted by Gasteiger charge is 2.20. The van der Waals surface area contributed by atoms with Gasteiger partial charge in [0.1, 0.15) is 11.5 Å². The molecule has 0 fully saturated rings. The molecule has 4 nitrogen and oxygen atoms in total. The van der Waals surface area contributed by atoms with Gasteiger partial charge in [-0.1, -0.05) is 73.2 Å². The predicted molar refractivity (Wildman–Crippen MR) is 151 cm³/mol. The van der Waals surface area contributed by atoms with E-state index in [1.165, 1.54) is 0 Å². The zero-order valence-corrected chi connectivity index (χ0v) is 21.4. The van der Waals surface area contributed by atoms with Gasteiger partial charge < -0.3 is 9.47 Å². The molecule has 0 bridgehead atoms. The third kappa shape index (κ3) is 9.01. The number of ether oxygens (including phenoxy) is 2. The van der Waals surface area contributed by atoms with Crippen molar-refractivity contribution in [2.24, 2.45) is 0 Å². The molecule has 0 N–H and O–H groups in total. The van der Waals surface area contributed by atoms with Gasteiger partial charge in [0.25, 0.3) is 0 Å². The van der Waals surface area contributed by atoms with Crippen molar-refractivity contribution < 1.29 is 19.1 Å². The van der Waals surface area contributed by atoms with Crippen LogP contribution in [0.1, 0.15) is 57.5 Å². The maximum atomic E-state index is 12.9. The van der Waals surface area contributed by atoms with Gasteiger partial charge in [0.2, 0.25) is 0 Å². The van der Waals surface area contributed by atoms with E-state index in [-0.39, 0.29) is 11.1 Å². The summed E-state index contributed by atoms with van der Waals surface area (Å²) in [6.45, 7) is 7.15. The van der Waals surface area contributed by atoms with E-state index < -0.39 is 11.9 Å². The minimum atomic E-state index is -0.625. The normalized spacial score (nSPS) is 9.68. The molecule has 0 aliphatic rings. The predicted octanol–water partition coefficient (Wildman–Crippen LogP) is 7.15. The highest BCUT2D eigenvalue weighted by molar-refractivity contribution is 6.04. The number of carbonyl (C=O) groups excluding carboxylic acids is 2. The van der Waals surface area contributed by atoms with Gasteiger partial charge in [-0.3, -0.25) is 0 Å². The fraction of sp³-hybridized carbons (Fsp3) is 0.176. The monoisotopic (exact) mass is 502 g/mol. The Balaban J connectivity index is 1.58. The van der Waals surface area contributed by atoms with Crippen LogP contribution in [0.4, 0.5) is 0 Å². The van der Waals surface area contributed by atoms with Crippen molar-refractivity contribution in [2.75, 3.05) is 0 Å². The van der Waals surface area contributed by atoms with E-state index in [1.54, 1.807) is 60.7 Å². The van der Waals surface area contributed by atoms with Crippen LogP contribution in [0.3, 0.4) is 0 Å². The minimum absolute atomic E-state index is 0.139. The Hall–Kier alpha value is -4.80. The Morgan fingerprint density at radius 3 is 1.39 bits per heavy atom. The molecule has 0 unspecified atom stereocenters. The second kappa shape index (κ2) is 15.3. The summed E-state index contributed by atoms with van der Waals surface area (Å²) in [5.74, 6) is 11.3. The first kappa shape index (κ1) is 27.8. The van der Waals surface area contributed by atoms with E-state index in [4.69, 9.17) is 9.47 Å². The van der Waals surface area contributed by atoms with Crippen molar-refractivity contribution in [3.05, 3.63) is 120 Å². The summed E-state index contributed by atoms with van der Waals surface area (Å²) in [4.78, 5) is 25.8. The lowest BCUT2D eigenvalue weighted by Gasteiger charge is -2.10. The molecule has 3 rings (SSSR count). The third-order valence-corrected chi connectivity index (χ3v) is 5.58. The number of carbonyl (C=O) groups is 2. The molecule has 0 saturated carbocycles. The molecule has 38 heavy (non-hydrogen) atoms. The van der Waals surface area contributed by atoms with Crippen LogP contribution in [0, 0.1) is 23.7 Å². The van der Waals surface area contributed by atoms with Crippen molar-refractivity contribution in [3.8, 4) is 35.2 Å². The van der Waals surface area contributed by atoms with Crippen LogP contribution >= 0.6 is 0 Å². The zero-order valence-electron chi connectivity index (χ0n) is 21.4. The van der Waals surface area contributed by atoms with Crippen LogP contribution in [0.25, 0.3) is 0 Å².